The molecule has 0 amide bonds. The molecular weight excluding hydrogens is 252 g/mol. The lowest BCUT2D eigenvalue weighted by Crippen LogP contribution is -2.00. The minimum atomic E-state index is 0.388. The summed E-state index contributed by atoms with van der Waals surface area (Å²) >= 11 is 5.66. The summed E-state index contributed by atoms with van der Waals surface area (Å²) in [7, 11) is 1.59. The molecule has 0 saturated heterocycles. The fraction of sp³-hybridized carbons (Fsp3) is 0.231. The van der Waals surface area contributed by atoms with E-state index in [0.29, 0.717) is 24.1 Å². The molecule has 2 heterocycles. The number of hydrogen-bond acceptors (Lipinski definition) is 4. The van der Waals surface area contributed by atoms with Crippen LogP contribution in [0.2, 0.25) is 0 Å². The number of alkyl halides is 1. The maximum absolute atomic E-state index is 5.66. The molecule has 2 aromatic rings. The second kappa shape index (κ2) is 6.21. The Labute approximate surface area is 111 Å². The quantitative estimate of drug-likeness (QED) is 0.779. The summed E-state index contributed by atoms with van der Waals surface area (Å²) in [6.07, 6.45) is 3.33. The number of pyridine rings is 2. The van der Waals surface area contributed by atoms with E-state index in [4.69, 9.17) is 21.1 Å². The maximum atomic E-state index is 5.66. The molecule has 18 heavy (non-hydrogen) atoms. The van der Waals surface area contributed by atoms with Crippen LogP contribution in [-0.2, 0) is 12.5 Å². The summed E-state index contributed by atoms with van der Waals surface area (Å²) in [6, 6.07) is 7.43. The summed E-state index contributed by atoms with van der Waals surface area (Å²) < 4.78 is 10.8. The first-order valence-corrected chi connectivity index (χ1v) is 5.98. The molecule has 0 aromatic carbocycles. The minimum Gasteiger partial charge on any atom is -0.487 e. The number of ether oxygens (including phenoxy) is 2. The Morgan fingerprint density at radius 2 is 2.11 bits per heavy atom. The molecule has 0 spiro atoms. The summed E-state index contributed by atoms with van der Waals surface area (Å²) in [5.74, 6) is 1.66. The van der Waals surface area contributed by atoms with Crippen molar-refractivity contribution in [1.29, 1.82) is 0 Å². The molecule has 0 fully saturated rings. The fourth-order valence-corrected chi connectivity index (χ4v) is 1.61. The van der Waals surface area contributed by atoms with E-state index in [0.717, 1.165) is 11.3 Å². The predicted molar refractivity (Wildman–Crippen MR) is 68.9 cm³/mol. The number of nitrogens with zero attached hydrogens (tertiary/aromatic N) is 2. The van der Waals surface area contributed by atoms with Crippen LogP contribution in [-0.4, -0.2) is 17.1 Å². The van der Waals surface area contributed by atoms with Gasteiger partial charge in [-0.25, -0.2) is 4.98 Å². The van der Waals surface area contributed by atoms with Gasteiger partial charge >= 0.3 is 0 Å². The standard InChI is InChI=1S/C13H13ClN2O2/c1-17-13-10(3-2-6-15-13)9-18-12-5-4-11(7-14)16-8-12/h2-6,8H,7,9H2,1H3. The van der Waals surface area contributed by atoms with Gasteiger partial charge in [0.15, 0.2) is 0 Å². The molecule has 0 atom stereocenters. The Morgan fingerprint density at radius 1 is 1.22 bits per heavy atom. The average molecular weight is 265 g/mol. The fourth-order valence-electron chi connectivity index (χ4n) is 1.45. The molecule has 0 aliphatic rings. The predicted octanol–water partition coefficient (Wildman–Crippen LogP) is 2.80. The second-order valence-corrected chi connectivity index (χ2v) is 3.85. The van der Waals surface area contributed by atoms with Crippen LogP contribution >= 0.6 is 11.6 Å². The zero-order chi connectivity index (χ0) is 12.8. The zero-order valence-corrected chi connectivity index (χ0v) is 10.7. The Morgan fingerprint density at radius 3 is 2.78 bits per heavy atom. The summed E-state index contributed by atoms with van der Waals surface area (Å²) in [5, 5.41) is 0. The molecule has 0 N–H and O–H groups in total. The Hall–Kier alpha value is -1.81. The first-order chi connectivity index (χ1) is 8.83. The van der Waals surface area contributed by atoms with Gasteiger partial charge in [-0.1, -0.05) is 0 Å². The maximum Gasteiger partial charge on any atom is 0.219 e. The lowest BCUT2D eigenvalue weighted by atomic mass is 10.3. The molecular formula is C13H13ClN2O2. The number of hydrogen-bond donors (Lipinski definition) is 0. The molecule has 0 aliphatic carbocycles. The van der Waals surface area contributed by atoms with Gasteiger partial charge in [-0.2, -0.15) is 0 Å². The number of aromatic nitrogens is 2. The highest BCUT2D eigenvalue weighted by Crippen LogP contribution is 2.17. The smallest absolute Gasteiger partial charge is 0.219 e. The van der Waals surface area contributed by atoms with Gasteiger partial charge in [0.1, 0.15) is 12.4 Å². The molecule has 0 bridgehead atoms. The van der Waals surface area contributed by atoms with Crippen LogP contribution in [0.1, 0.15) is 11.3 Å². The van der Waals surface area contributed by atoms with Gasteiger partial charge in [0.05, 0.1) is 30.4 Å². The van der Waals surface area contributed by atoms with Gasteiger partial charge in [0.25, 0.3) is 0 Å². The van der Waals surface area contributed by atoms with Crippen LogP contribution in [0.4, 0.5) is 0 Å². The van der Waals surface area contributed by atoms with Crippen molar-refractivity contribution in [3.63, 3.8) is 0 Å². The van der Waals surface area contributed by atoms with Crippen LogP contribution in [0, 0.1) is 0 Å². The number of rotatable bonds is 5. The molecule has 5 heteroatoms. The van der Waals surface area contributed by atoms with Gasteiger partial charge in [-0.3, -0.25) is 4.98 Å². The normalized spacial score (nSPS) is 10.1. The van der Waals surface area contributed by atoms with E-state index in [9.17, 15) is 0 Å². The van der Waals surface area contributed by atoms with Crippen LogP contribution in [0.15, 0.2) is 36.7 Å². The molecule has 4 nitrogen and oxygen atoms in total. The largest absolute Gasteiger partial charge is 0.487 e. The van der Waals surface area contributed by atoms with Crippen molar-refractivity contribution in [1.82, 2.24) is 9.97 Å². The SMILES string of the molecule is COc1ncccc1COc1ccc(CCl)nc1. The van der Waals surface area contributed by atoms with Crippen LogP contribution in [0.25, 0.3) is 0 Å². The molecule has 0 radical (unpaired) electrons. The van der Waals surface area contributed by atoms with Gasteiger partial charge in [0.2, 0.25) is 5.88 Å². The van der Waals surface area contributed by atoms with Crippen molar-refractivity contribution in [2.75, 3.05) is 7.11 Å². The van der Waals surface area contributed by atoms with E-state index >= 15 is 0 Å². The Kier molecular flexibility index (Phi) is 4.36. The zero-order valence-electron chi connectivity index (χ0n) is 9.97. The third-order valence-corrected chi connectivity index (χ3v) is 2.65. The molecule has 2 rings (SSSR count). The van der Waals surface area contributed by atoms with Crippen molar-refractivity contribution in [2.24, 2.45) is 0 Å². The van der Waals surface area contributed by atoms with E-state index in [1.165, 1.54) is 0 Å². The lowest BCUT2D eigenvalue weighted by molar-refractivity contribution is 0.292. The van der Waals surface area contributed by atoms with Gasteiger partial charge in [-0.05, 0) is 24.3 Å². The number of halogens is 1. The number of methoxy groups -OCH3 is 1. The van der Waals surface area contributed by atoms with E-state index in [2.05, 4.69) is 9.97 Å². The monoisotopic (exact) mass is 264 g/mol. The van der Waals surface area contributed by atoms with E-state index in [1.807, 2.05) is 24.3 Å². The van der Waals surface area contributed by atoms with Gasteiger partial charge < -0.3 is 9.47 Å². The molecule has 94 valence electrons. The van der Waals surface area contributed by atoms with Crippen molar-refractivity contribution in [3.05, 3.63) is 47.9 Å². The third kappa shape index (κ3) is 3.11. The van der Waals surface area contributed by atoms with Crippen LogP contribution in [0.3, 0.4) is 0 Å². The first-order valence-electron chi connectivity index (χ1n) is 5.45. The molecule has 0 aliphatic heterocycles. The van der Waals surface area contributed by atoms with Crippen LogP contribution in [0.5, 0.6) is 11.6 Å². The highest BCUT2D eigenvalue weighted by atomic mass is 35.5. The molecule has 2 aromatic heterocycles. The van der Waals surface area contributed by atoms with Crippen molar-refractivity contribution < 1.29 is 9.47 Å². The second-order valence-electron chi connectivity index (χ2n) is 3.58. The van der Waals surface area contributed by atoms with E-state index < -0.39 is 0 Å². The van der Waals surface area contributed by atoms with Gasteiger partial charge in [-0.15, -0.1) is 11.6 Å². The lowest BCUT2D eigenvalue weighted by Gasteiger charge is -2.08. The Bertz CT molecular complexity index is 503. The summed E-state index contributed by atoms with van der Waals surface area (Å²) in [6.45, 7) is 0.388. The minimum absolute atomic E-state index is 0.388. The average Bonchev–Trinajstić information content (AvgIpc) is 2.46. The van der Waals surface area contributed by atoms with Crippen molar-refractivity contribution in [3.8, 4) is 11.6 Å². The molecule has 0 saturated carbocycles. The summed E-state index contributed by atoms with van der Waals surface area (Å²) in [4.78, 5) is 8.25. The Balaban J connectivity index is 2.02. The third-order valence-electron chi connectivity index (χ3n) is 2.37. The molecule has 0 unspecified atom stereocenters. The van der Waals surface area contributed by atoms with Crippen LogP contribution < -0.4 is 9.47 Å². The van der Waals surface area contributed by atoms with E-state index in [-0.39, 0.29) is 0 Å². The highest BCUT2D eigenvalue weighted by Gasteiger charge is 2.04. The highest BCUT2D eigenvalue weighted by molar-refractivity contribution is 6.16. The topological polar surface area (TPSA) is 44.2 Å². The van der Waals surface area contributed by atoms with E-state index in [1.54, 1.807) is 19.5 Å². The van der Waals surface area contributed by atoms with Crippen molar-refractivity contribution >= 4 is 11.6 Å². The van der Waals surface area contributed by atoms with Gasteiger partial charge in [0, 0.05) is 6.20 Å². The van der Waals surface area contributed by atoms with Crippen molar-refractivity contribution in [2.45, 2.75) is 12.5 Å². The summed E-state index contributed by atoms with van der Waals surface area (Å²) in [5.41, 5.74) is 1.71. The first kappa shape index (κ1) is 12.6.